The van der Waals surface area contributed by atoms with Crippen molar-refractivity contribution in [3.8, 4) is 0 Å². The number of aryl methyl sites for hydroxylation is 1. The van der Waals surface area contributed by atoms with Gasteiger partial charge in [-0.3, -0.25) is 9.71 Å². The Bertz CT molecular complexity index is 806. The third-order valence-electron chi connectivity index (χ3n) is 2.76. The number of carboxylic acids is 1. The molecule has 0 aliphatic carbocycles. The van der Waals surface area contributed by atoms with Crippen molar-refractivity contribution in [1.82, 2.24) is 4.98 Å². The molecule has 0 amide bonds. The van der Waals surface area contributed by atoms with Crippen LogP contribution in [0.5, 0.6) is 0 Å². The number of halogens is 1. The Labute approximate surface area is 135 Å². The van der Waals surface area contributed by atoms with Crippen molar-refractivity contribution in [2.45, 2.75) is 11.8 Å². The van der Waals surface area contributed by atoms with Crippen LogP contribution < -0.4 is 4.72 Å². The first kappa shape index (κ1) is 15.7. The number of hydrogen-bond acceptors (Lipinski definition) is 4. The minimum Gasteiger partial charge on any atom is -0.478 e. The van der Waals surface area contributed by atoms with E-state index in [1.54, 1.807) is 19.2 Å². The molecule has 0 unspecified atom stereocenters. The molecule has 110 valence electrons. The van der Waals surface area contributed by atoms with Crippen LogP contribution in [0.25, 0.3) is 0 Å². The van der Waals surface area contributed by atoms with Gasteiger partial charge in [0.15, 0.2) is 0 Å². The maximum Gasteiger partial charge on any atom is 0.336 e. The van der Waals surface area contributed by atoms with E-state index in [0.717, 1.165) is 11.6 Å². The van der Waals surface area contributed by atoms with E-state index in [0.29, 0.717) is 9.26 Å². The highest BCUT2D eigenvalue weighted by Gasteiger charge is 2.19. The molecule has 0 saturated carbocycles. The SMILES string of the molecule is Cc1ccncc1NS(=O)(=O)c1ccc(I)c(C(=O)O)c1. The van der Waals surface area contributed by atoms with Crippen molar-refractivity contribution in [2.75, 3.05) is 4.72 Å². The number of carboxylic acid groups (broad SMARTS) is 1. The first-order chi connectivity index (χ1) is 9.81. The Balaban J connectivity index is 2.43. The number of pyridine rings is 1. The maximum atomic E-state index is 12.3. The predicted octanol–water partition coefficient (Wildman–Crippen LogP) is 2.49. The number of nitrogens with one attached hydrogen (secondary N) is 1. The fourth-order valence-corrected chi connectivity index (χ4v) is 3.32. The van der Waals surface area contributed by atoms with Crippen molar-refractivity contribution < 1.29 is 18.3 Å². The Morgan fingerprint density at radius 3 is 2.67 bits per heavy atom. The van der Waals surface area contributed by atoms with E-state index in [1.807, 2.05) is 22.6 Å². The molecule has 0 bridgehead atoms. The summed E-state index contributed by atoms with van der Waals surface area (Å²) < 4.78 is 27.5. The lowest BCUT2D eigenvalue weighted by molar-refractivity contribution is 0.0695. The molecular weight excluding hydrogens is 407 g/mol. The zero-order valence-corrected chi connectivity index (χ0v) is 13.8. The van der Waals surface area contributed by atoms with Gasteiger partial charge < -0.3 is 5.11 Å². The first-order valence-corrected chi connectivity index (χ1v) is 8.34. The quantitative estimate of drug-likeness (QED) is 0.744. The monoisotopic (exact) mass is 418 g/mol. The minimum absolute atomic E-state index is 0.0543. The van der Waals surface area contributed by atoms with E-state index in [2.05, 4.69) is 9.71 Å². The van der Waals surface area contributed by atoms with Crippen LogP contribution >= 0.6 is 22.6 Å². The minimum atomic E-state index is -3.87. The normalized spacial score (nSPS) is 11.1. The van der Waals surface area contributed by atoms with Crippen LogP contribution in [-0.4, -0.2) is 24.5 Å². The third-order valence-corrected chi connectivity index (χ3v) is 5.07. The Morgan fingerprint density at radius 1 is 1.33 bits per heavy atom. The summed E-state index contributed by atoms with van der Waals surface area (Å²) >= 11 is 1.84. The van der Waals surface area contributed by atoms with Gasteiger partial charge in [-0.2, -0.15) is 0 Å². The van der Waals surface area contributed by atoms with Gasteiger partial charge in [-0.1, -0.05) is 0 Å². The van der Waals surface area contributed by atoms with Crippen molar-refractivity contribution in [1.29, 1.82) is 0 Å². The van der Waals surface area contributed by atoms with Gasteiger partial charge in [0, 0.05) is 9.77 Å². The number of sulfonamides is 1. The molecule has 1 aromatic carbocycles. The molecule has 0 saturated heterocycles. The summed E-state index contributed by atoms with van der Waals surface area (Å²) in [4.78, 5) is 14.8. The molecule has 2 N–H and O–H groups in total. The van der Waals surface area contributed by atoms with Crippen LogP contribution in [0.1, 0.15) is 15.9 Å². The van der Waals surface area contributed by atoms with Crippen molar-refractivity contribution >= 4 is 44.3 Å². The predicted molar refractivity (Wildman–Crippen MR) is 85.9 cm³/mol. The van der Waals surface area contributed by atoms with Crippen LogP contribution in [0.4, 0.5) is 5.69 Å². The molecule has 0 aliphatic heterocycles. The second-order valence-electron chi connectivity index (χ2n) is 4.24. The number of benzene rings is 1. The zero-order valence-electron chi connectivity index (χ0n) is 10.9. The van der Waals surface area contributed by atoms with Crippen LogP contribution in [0.15, 0.2) is 41.6 Å². The number of hydrogen-bond donors (Lipinski definition) is 2. The second-order valence-corrected chi connectivity index (χ2v) is 7.09. The van der Waals surface area contributed by atoms with E-state index < -0.39 is 16.0 Å². The van der Waals surface area contributed by atoms with Gasteiger partial charge in [-0.05, 0) is 59.3 Å². The number of anilines is 1. The molecular formula is C13H11IN2O4S. The Kier molecular flexibility index (Phi) is 4.47. The highest BCUT2D eigenvalue weighted by molar-refractivity contribution is 14.1. The first-order valence-electron chi connectivity index (χ1n) is 5.77. The average Bonchev–Trinajstić information content (AvgIpc) is 2.41. The van der Waals surface area contributed by atoms with Gasteiger partial charge in [0.25, 0.3) is 10.0 Å². The van der Waals surface area contributed by atoms with Gasteiger partial charge >= 0.3 is 5.97 Å². The van der Waals surface area contributed by atoms with Gasteiger partial charge in [0.1, 0.15) is 0 Å². The van der Waals surface area contributed by atoms with Crippen molar-refractivity contribution in [3.05, 3.63) is 51.4 Å². The van der Waals surface area contributed by atoms with Crippen LogP contribution in [0.2, 0.25) is 0 Å². The van der Waals surface area contributed by atoms with Gasteiger partial charge in [-0.25, -0.2) is 13.2 Å². The van der Waals surface area contributed by atoms with E-state index >= 15 is 0 Å². The molecule has 21 heavy (non-hydrogen) atoms. The largest absolute Gasteiger partial charge is 0.478 e. The highest BCUT2D eigenvalue weighted by atomic mass is 127. The van der Waals surface area contributed by atoms with E-state index in [1.165, 1.54) is 18.3 Å². The molecule has 1 heterocycles. The number of aromatic carboxylic acids is 1. The summed E-state index contributed by atoms with van der Waals surface area (Å²) in [5.41, 5.74) is 1.02. The summed E-state index contributed by atoms with van der Waals surface area (Å²) in [7, 11) is -3.87. The Morgan fingerprint density at radius 2 is 2.05 bits per heavy atom. The lowest BCUT2D eigenvalue weighted by atomic mass is 10.2. The van der Waals surface area contributed by atoms with E-state index in [9.17, 15) is 13.2 Å². The molecule has 2 aromatic rings. The smallest absolute Gasteiger partial charge is 0.336 e. The molecule has 6 nitrogen and oxygen atoms in total. The van der Waals surface area contributed by atoms with Crippen LogP contribution in [0.3, 0.4) is 0 Å². The van der Waals surface area contributed by atoms with E-state index in [4.69, 9.17) is 5.11 Å². The van der Waals surface area contributed by atoms with E-state index in [-0.39, 0.29) is 10.5 Å². The fourth-order valence-electron chi connectivity index (χ4n) is 1.61. The maximum absolute atomic E-state index is 12.3. The van der Waals surface area contributed by atoms with Gasteiger partial charge in [0.2, 0.25) is 0 Å². The fraction of sp³-hybridized carbons (Fsp3) is 0.0769. The lowest BCUT2D eigenvalue weighted by Gasteiger charge is -2.10. The molecule has 8 heteroatoms. The molecule has 0 aliphatic rings. The molecule has 2 rings (SSSR count). The van der Waals surface area contributed by atoms with Crippen molar-refractivity contribution in [2.24, 2.45) is 0 Å². The van der Waals surface area contributed by atoms with Crippen LogP contribution in [0, 0.1) is 10.5 Å². The zero-order chi connectivity index (χ0) is 15.6. The van der Waals surface area contributed by atoms with Gasteiger partial charge in [0.05, 0.1) is 22.3 Å². The summed E-state index contributed by atoms with van der Waals surface area (Å²) in [6.07, 6.45) is 2.96. The summed E-state index contributed by atoms with van der Waals surface area (Å²) in [6, 6.07) is 5.63. The van der Waals surface area contributed by atoms with Crippen molar-refractivity contribution in [3.63, 3.8) is 0 Å². The third kappa shape index (κ3) is 3.50. The molecule has 0 spiro atoms. The standard InChI is InChI=1S/C13H11IN2O4S/c1-8-4-5-15-7-12(8)16-21(19,20)9-2-3-11(14)10(6-9)13(17)18/h2-7,16H,1H3,(H,17,18). The summed E-state index contributed by atoms with van der Waals surface area (Å²) in [5, 5.41) is 9.06. The molecule has 0 radical (unpaired) electrons. The number of nitrogens with zero attached hydrogens (tertiary/aromatic N) is 1. The Hall–Kier alpha value is -1.68. The number of aromatic nitrogens is 1. The number of carbonyl (C=O) groups is 1. The number of rotatable bonds is 4. The van der Waals surface area contributed by atoms with Crippen LogP contribution in [-0.2, 0) is 10.0 Å². The molecule has 0 fully saturated rings. The molecule has 0 atom stereocenters. The van der Waals surface area contributed by atoms with Gasteiger partial charge in [-0.15, -0.1) is 0 Å². The topological polar surface area (TPSA) is 96.4 Å². The average molecular weight is 418 g/mol. The highest BCUT2D eigenvalue weighted by Crippen LogP contribution is 2.21. The second kappa shape index (κ2) is 5.98. The summed E-state index contributed by atoms with van der Waals surface area (Å²) in [5.74, 6) is -1.17. The molecule has 1 aromatic heterocycles. The summed E-state index contributed by atoms with van der Waals surface area (Å²) in [6.45, 7) is 1.75. The lowest BCUT2D eigenvalue weighted by Crippen LogP contribution is -2.15.